The van der Waals surface area contributed by atoms with Crippen molar-refractivity contribution in [3.63, 3.8) is 0 Å². The van der Waals surface area contributed by atoms with Crippen molar-refractivity contribution in [2.45, 2.75) is 32.1 Å². The Labute approximate surface area is 168 Å². The van der Waals surface area contributed by atoms with Crippen molar-refractivity contribution in [1.29, 1.82) is 0 Å². The average molecular weight is 462 g/mol. The van der Waals surface area contributed by atoms with Gasteiger partial charge in [-0.15, -0.1) is 24.0 Å². The molecule has 7 heteroatoms. The molecule has 1 fully saturated rings. The fourth-order valence-electron chi connectivity index (χ4n) is 2.94. The lowest BCUT2D eigenvalue weighted by atomic mass is 10.2. The van der Waals surface area contributed by atoms with Crippen LogP contribution in [0.15, 0.2) is 23.2 Å². The van der Waals surface area contributed by atoms with Crippen molar-refractivity contribution < 1.29 is 9.47 Å². The Morgan fingerprint density at radius 2 is 1.88 bits per heavy atom. The lowest BCUT2D eigenvalue weighted by Gasteiger charge is -2.18. The van der Waals surface area contributed by atoms with Gasteiger partial charge in [-0.3, -0.25) is 4.99 Å². The lowest BCUT2D eigenvalue weighted by molar-refractivity contribution is 0.283. The highest BCUT2D eigenvalue weighted by molar-refractivity contribution is 14.0. The summed E-state index contributed by atoms with van der Waals surface area (Å²) in [6.45, 7) is 4.26. The second-order valence-electron chi connectivity index (χ2n) is 6.07. The zero-order valence-corrected chi connectivity index (χ0v) is 17.6. The van der Waals surface area contributed by atoms with Crippen LogP contribution in [-0.2, 0) is 0 Å². The quantitative estimate of drug-likeness (QED) is 0.282. The largest absolute Gasteiger partial charge is 0.497 e. The summed E-state index contributed by atoms with van der Waals surface area (Å²) in [7, 11) is 3.26. The Morgan fingerprint density at radius 3 is 2.52 bits per heavy atom. The van der Waals surface area contributed by atoms with Crippen LogP contribution in [0, 0.1) is 0 Å². The number of hydrogen-bond acceptors (Lipinski definition) is 4. The maximum Gasteiger partial charge on any atom is 0.193 e. The van der Waals surface area contributed by atoms with Gasteiger partial charge in [0.25, 0.3) is 0 Å². The van der Waals surface area contributed by atoms with Gasteiger partial charge >= 0.3 is 0 Å². The highest BCUT2D eigenvalue weighted by Gasteiger charge is 2.08. The topological polar surface area (TPSA) is 72.1 Å². The normalized spacial score (nSPS) is 15.8. The summed E-state index contributed by atoms with van der Waals surface area (Å²) in [5, 5.41) is 3.09. The van der Waals surface area contributed by atoms with Crippen LogP contribution in [0.4, 0.5) is 5.69 Å². The molecule has 0 atom stereocenters. The van der Waals surface area contributed by atoms with E-state index in [1.165, 1.54) is 38.8 Å². The number of rotatable bonds is 7. The molecule has 3 N–H and O–H groups in total. The van der Waals surface area contributed by atoms with E-state index < -0.39 is 0 Å². The maximum absolute atomic E-state index is 5.99. The molecular weight excluding hydrogens is 431 g/mol. The number of nitrogens with one attached hydrogen (secondary N) is 1. The summed E-state index contributed by atoms with van der Waals surface area (Å²) >= 11 is 0. The molecule has 142 valence electrons. The first-order valence-corrected chi connectivity index (χ1v) is 8.74. The minimum Gasteiger partial charge on any atom is -0.497 e. The first kappa shape index (κ1) is 21.8. The van der Waals surface area contributed by atoms with Crippen LogP contribution in [-0.4, -0.2) is 51.3 Å². The number of nitrogens with two attached hydrogens (primary N) is 1. The van der Waals surface area contributed by atoms with Crippen molar-refractivity contribution in [2.24, 2.45) is 10.7 Å². The van der Waals surface area contributed by atoms with E-state index in [1.807, 2.05) is 18.2 Å². The van der Waals surface area contributed by atoms with E-state index >= 15 is 0 Å². The molecule has 1 aliphatic heterocycles. The van der Waals surface area contributed by atoms with Crippen molar-refractivity contribution in [1.82, 2.24) is 4.90 Å². The number of guanidine groups is 1. The zero-order chi connectivity index (χ0) is 17.2. The second-order valence-corrected chi connectivity index (χ2v) is 6.07. The van der Waals surface area contributed by atoms with Crippen LogP contribution in [0.25, 0.3) is 0 Å². The average Bonchev–Trinajstić information content (AvgIpc) is 2.87. The third kappa shape index (κ3) is 7.68. The van der Waals surface area contributed by atoms with E-state index in [0.717, 1.165) is 30.9 Å². The van der Waals surface area contributed by atoms with E-state index in [4.69, 9.17) is 15.2 Å². The smallest absolute Gasteiger partial charge is 0.193 e. The van der Waals surface area contributed by atoms with Crippen LogP contribution in [0.2, 0.25) is 0 Å². The van der Waals surface area contributed by atoms with E-state index in [2.05, 4.69) is 15.2 Å². The number of ether oxygens (including phenoxy) is 2. The number of nitrogens with zero attached hydrogens (tertiary/aromatic N) is 2. The summed E-state index contributed by atoms with van der Waals surface area (Å²) in [5.74, 6) is 1.85. The number of aliphatic imine (C=N–C) groups is 1. The molecule has 2 rings (SSSR count). The third-order valence-electron chi connectivity index (χ3n) is 4.28. The Balaban J connectivity index is 0.00000312. The van der Waals surface area contributed by atoms with Crippen molar-refractivity contribution >= 4 is 35.6 Å². The van der Waals surface area contributed by atoms with Gasteiger partial charge in [-0.1, -0.05) is 12.8 Å². The number of halogens is 1. The van der Waals surface area contributed by atoms with Gasteiger partial charge in [0.1, 0.15) is 11.5 Å². The van der Waals surface area contributed by atoms with Crippen molar-refractivity contribution in [2.75, 3.05) is 45.7 Å². The summed E-state index contributed by atoms with van der Waals surface area (Å²) in [4.78, 5) is 6.96. The second kappa shape index (κ2) is 12.2. The molecule has 0 aromatic heterocycles. The molecule has 1 aromatic carbocycles. The molecule has 1 saturated heterocycles. The van der Waals surface area contributed by atoms with Gasteiger partial charge in [0.2, 0.25) is 0 Å². The fourth-order valence-corrected chi connectivity index (χ4v) is 2.94. The highest BCUT2D eigenvalue weighted by atomic mass is 127. The first-order chi connectivity index (χ1) is 11.7. The molecule has 0 radical (unpaired) electrons. The van der Waals surface area contributed by atoms with E-state index in [9.17, 15) is 0 Å². The van der Waals surface area contributed by atoms with Gasteiger partial charge in [-0.2, -0.15) is 0 Å². The van der Waals surface area contributed by atoms with E-state index in [1.54, 1.807) is 14.2 Å². The molecule has 25 heavy (non-hydrogen) atoms. The number of hydrogen-bond donors (Lipinski definition) is 2. The zero-order valence-electron chi connectivity index (χ0n) is 15.3. The van der Waals surface area contributed by atoms with Crippen LogP contribution in [0.3, 0.4) is 0 Å². The first-order valence-electron chi connectivity index (χ1n) is 8.74. The highest BCUT2D eigenvalue weighted by Crippen LogP contribution is 2.28. The molecule has 6 nitrogen and oxygen atoms in total. The molecule has 0 unspecified atom stereocenters. The van der Waals surface area contributed by atoms with E-state index in [0.29, 0.717) is 11.7 Å². The monoisotopic (exact) mass is 462 g/mol. The molecule has 0 saturated carbocycles. The molecule has 1 aliphatic rings. The number of likely N-dealkylation sites (tertiary alicyclic amines) is 1. The van der Waals surface area contributed by atoms with Crippen molar-refractivity contribution in [3.05, 3.63) is 18.2 Å². The van der Waals surface area contributed by atoms with E-state index in [-0.39, 0.29) is 24.0 Å². The molecule has 1 aromatic rings. The van der Waals surface area contributed by atoms with Crippen molar-refractivity contribution in [3.8, 4) is 11.5 Å². The molecule has 0 amide bonds. The summed E-state index contributed by atoms with van der Waals surface area (Å²) in [6, 6.07) is 5.53. The lowest BCUT2D eigenvalue weighted by Crippen LogP contribution is -2.27. The number of anilines is 1. The fraction of sp³-hybridized carbons (Fsp3) is 0.611. The summed E-state index contributed by atoms with van der Waals surface area (Å²) in [6.07, 6.45) is 6.41. The van der Waals surface area contributed by atoms with Crippen LogP contribution in [0.5, 0.6) is 11.5 Å². The SMILES string of the molecule is COc1ccc(OC)c(NC(N)=NCCCN2CCCCCC2)c1.I. The van der Waals surface area contributed by atoms with Gasteiger partial charge in [0.05, 0.1) is 19.9 Å². The Hall–Kier alpha value is -1.22. The van der Waals surface area contributed by atoms with Crippen LogP contribution < -0.4 is 20.5 Å². The predicted octanol–water partition coefficient (Wildman–Crippen LogP) is 3.31. The van der Waals surface area contributed by atoms with Gasteiger partial charge in [0.15, 0.2) is 5.96 Å². The minimum atomic E-state index is 0. The number of methoxy groups -OCH3 is 2. The van der Waals surface area contributed by atoms with Crippen LogP contribution >= 0.6 is 24.0 Å². The Bertz CT molecular complexity index is 532. The molecular formula is C18H31IN4O2. The van der Waals surface area contributed by atoms with Gasteiger partial charge in [-0.25, -0.2) is 0 Å². The maximum atomic E-state index is 5.99. The van der Waals surface area contributed by atoms with Gasteiger partial charge in [0, 0.05) is 12.6 Å². The molecule has 0 bridgehead atoms. The van der Waals surface area contributed by atoms with Gasteiger partial charge < -0.3 is 25.4 Å². The molecule has 1 heterocycles. The number of benzene rings is 1. The third-order valence-corrected chi connectivity index (χ3v) is 4.28. The van der Waals surface area contributed by atoms with Crippen LogP contribution in [0.1, 0.15) is 32.1 Å². The Kier molecular flexibility index (Phi) is 10.6. The summed E-state index contributed by atoms with van der Waals surface area (Å²) < 4.78 is 10.6. The van der Waals surface area contributed by atoms with Gasteiger partial charge in [-0.05, 0) is 51.0 Å². The minimum absolute atomic E-state index is 0. The molecule has 0 spiro atoms. The Morgan fingerprint density at radius 1 is 1.16 bits per heavy atom. The standard InChI is InChI=1S/C18H30N4O2.HI/c1-23-15-8-9-17(24-2)16(14-15)21-18(19)20-10-7-13-22-11-5-3-4-6-12-22;/h8-9,14H,3-7,10-13H2,1-2H3,(H3,19,20,21);1H. The summed E-state index contributed by atoms with van der Waals surface area (Å²) in [5.41, 5.74) is 6.75. The molecule has 0 aliphatic carbocycles. The predicted molar refractivity (Wildman–Crippen MR) is 115 cm³/mol.